The topological polar surface area (TPSA) is 78.6 Å². The van der Waals surface area contributed by atoms with Crippen LogP contribution in [0.15, 0.2) is 54.1 Å². The first-order valence-electron chi connectivity index (χ1n) is 10.2. The third-order valence-electron chi connectivity index (χ3n) is 5.08. The summed E-state index contributed by atoms with van der Waals surface area (Å²) in [5.74, 6) is -0.168. The first-order chi connectivity index (χ1) is 13.8. The number of aliphatic hydroxyl groups is 1. The first-order valence-corrected chi connectivity index (χ1v) is 10.2. The number of β-amino-alcohol motifs (C(OH)–C–C–N with tert-alkyl or cyclic N) is 1. The van der Waals surface area contributed by atoms with Gasteiger partial charge in [0.05, 0.1) is 17.0 Å². The van der Waals surface area contributed by atoms with Gasteiger partial charge in [-0.15, -0.1) is 0 Å². The van der Waals surface area contributed by atoms with Crippen molar-refractivity contribution in [3.8, 4) is 0 Å². The zero-order chi connectivity index (χ0) is 20.9. The van der Waals surface area contributed by atoms with E-state index >= 15 is 0 Å². The number of hydrogen-bond acceptors (Lipinski definition) is 4. The summed E-state index contributed by atoms with van der Waals surface area (Å²) in [5.41, 5.74) is 9.53. The minimum atomic E-state index is -0.658. The lowest BCUT2D eigenvalue weighted by Gasteiger charge is -2.27. The molecule has 1 aliphatic rings. The van der Waals surface area contributed by atoms with Crippen molar-refractivity contribution in [1.29, 1.82) is 0 Å². The van der Waals surface area contributed by atoms with Crippen LogP contribution in [0.3, 0.4) is 0 Å². The maximum Gasteiger partial charge on any atom is 0.255 e. The fourth-order valence-electron chi connectivity index (χ4n) is 3.69. The van der Waals surface area contributed by atoms with E-state index in [1.807, 2.05) is 50.2 Å². The summed E-state index contributed by atoms with van der Waals surface area (Å²) in [6.07, 6.45) is 5.40. The van der Waals surface area contributed by atoms with E-state index in [1.165, 1.54) is 5.57 Å². The molecule has 0 atom stereocenters. The first kappa shape index (κ1) is 21.1. The van der Waals surface area contributed by atoms with Crippen LogP contribution in [0.1, 0.15) is 49.0 Å². The van der Waals surface area contributed by atoms with Gasteiger partial charge in [-0.2, -0.15) is 0 Å². The Balaban J connectivity index is 1.61. The molecule has 1 saturated heterocycles. The van der Waals surface area contributed by atoms with Crippen LogP contribution >= 0.6 is 0 Å². The van der Waals surface area contributed by atoms with Gasteiger partial charge < -0.3 is 21.1 Å². The second kappa shape index (κ2) is 9.25. The fraction of sp³-hybridized carbons (Fsp3) is 0.375. The molecule has 0 radical (unpaired) electrons. The number of benzene rings is 2. The molecule has 0 unspecified atom stereocenters. The van der Waals surface area contributed by atoms with Crippen LogP contribution in [0, 0.1) is 0 Å². The number of nitrogens with zero attached hydrogens (tertiary/aromatic N) is 1. The molecule has 0 aliphatic carbocycles. The average Bonchev–Trinajstić information content (AvgIpc) is 2.88. The minimum absolute atomic E-state index is 0.168. The quantitative estimate of drug-likeness (QED) is 0.667. The molecule has 2 aromatic carbocycles. The van der Waals surface area contributed by atoms with Gasteiger partial charge in [0.25, 0.3) is 5.91 Å². The van der Waals surface area contributed by atoms with Gasteiger partial charge in [-0.25, -0.2) is 0 Å². The molecule has 0 spiro atoms. The van der Waals surface area contributed by atoms with Crippen LogP contribution in [-0.4, -0.2) is 41.1 Å². The van der Waals surface area contributed by atoms with Gasteiger partial charge in [-0.05, 0) is 69.5 Å². The van der Waals surface area contributed by atoms with Crippen molar-refractivity contribution in [2.45, 2.75) is 38.7 Å². The van der Waals surface area contributed by atoms with Crippen molar-refractivity contribution in [3.05, 3.63) is 65.2 Å². The van der Waals surface area contributed by atoms with E-state index < -0.39 is 5.60 Å². The van der Waals surface area contributed by atoms with E-state index in [1.54, 1.807) is 12.1 Å². The van der Waals surface area contributed by atoms with Crippen molar-refractivity contribution in [2.75, 3.05) is 30.7 Å². The van der Waals surface area contributed by atoms with Crippen molar-refractivity contribution >= 4 is 23.4 Å². The predicted octanol–water partition coefficient (Wildman–Crippen LogP) is 4.16. The Morgan fingerprint density at radius 1 is 1.14 bits per heavy atom. The van der Waals surface area contributed by atoms with Crippen LogP contribution in [-0.2, 0) is 0 Å². The van der Waals surface area contributed by atoms with Crippen molar-refractivity contribution < 1.29 is 9.90 Å². The van der Waals surface area contributed by atoms with Crippen LogP contribution in [0.5, 0.6) is 0 Å². The number of carbonyl (C=O) groups excluding carboxylic acids is 1. The standard InChI is InChI=1S/C24H31N3O2/c1-24(2,29)17-27-14-5-6-18(13-15-27)16-19-9-11-20(12-10-19)23(28)26-22-8-4-3-7-21(22)25/h3-4,7-12,16,29H,5-6,13-15,17,25H2,1-2H3,(H,26,28). The summed E-state index contributed by atoms with van der Waals surface area (Å²) in [6.45, 7) is 6.41. The highest BCUT2D eigenvalue weighted by atomic mass is 16.3. The molecule has 5 heteroatoms. The molecule has 29 heavy (non-hydrogen) atoms. The summed E-state index contributed by atoms with van der Waals surface area (Å²) < 4.78 is 0. The molecule has 5 nitrogen and oxygen atoms in total. The Hall–Kier alpha value is -2.63. The number of para-hydroxylation sites is 2. The average molecular weight is 394 g/mol. The molecule has 2 aromatic rings. The lowest BCUT2D eigenvalue weighted by molar-refractivity contribution is 0.0376. The van der Waals surface area contributed by atoms with Crippen LogP contribution < -0.4 is 11.1 Å². The maximum atomic E-state index is 12.5. The van der Waals surface area contributed by atoms with Crippen molar-refractivity contribution in [1.82, 2.24) is 4.90 Å². The third kappa shape index (κ3) is 6.44. The summed E-state index contributed by atoms with van der Waals surface area (Å²) in [7, 11) is 0. The van der Waals surface area contributed by atoms with E-state index in [2.05, 4.69) is 16.3 Å². The lowest BCUT2D eigenvalue weighted by atomic mass is 10.0. The largest absolute Gasteiger partial charge is 0.397 e. The van der Waals surface area contributed by atoms with E-state index in [4.69, 9.17) is 5.73 Å². The second-order valence-electron chi connectivity index (χ2n) is 8.41. The molecule has 3 rings (SSSR count). The predicted molar refractivity (Wildman–Crippen MR) is 120 cm³/mol. The number of nitrogens with two attached hydrogens (primary N) is 1. The van der Waals surface area contributed by atoms with Crippen LogP contribution in [0.2, 0.25) is 0 Å². The molecule has 0 bridgehead atoms. The summed E-state index contributed by atoms with van der Waals surface area (Å²) in [4.78, 5) is 14.8. The Labute approximate surface area is 173 Å². The third-order valence-corrected chi connectivity index (χ3v) is 5.08. The van der Waals surface area contributed by atoms with E-state index in [0.717, 1.165) is 37.9 Å². The van der Waals surface area contributed by atoms with Crippen LogP contribution in [0.4, 0.5) is 11.4 Å². The highest BCUT2D eigenvalue weighted by Crippen LogP contribution is 2.22. The molecule has 1 amide bonds. The lowest BCUT2D eigenvalue weighted by Crippen LogP contribution is -2.39. The molecule has 1 heterocycles. The van der Waals surface area contributed by atoms with Gasteiger partial charge in [0.15, 0.2) is 0 Å². The number of carbonyl (C=O) groups is 1. The minimum Gasteiger partial charge on any atom is -0.397 e. The van der Waals surface area contributed by atoms with Gasteiger partial charge in [-0.3, -0.25) is 4.79 Å². The number of nitrogen functional groups attached to an aromatic ring is 1. The zero-order valence-corrected chi connectivity index (χ0v) is 17.3. The van der Waals surface area contributed by atoms with E-state index in [-0.39, 0.29) is 5.91 Å². The van der Waals surface area contributed by atoms with E-state index in [0.29, 0.717) is 23.5 Å². The normalized spacial score (nSPS) is 17.1. The van der Waals surface area contributed by atoms with Crippen LogP contribution in [0.25, 0.3) is 6.08 Å². The molecule has 154 valence electrons. The molecular formula is C24H31N3O2. The van der Waals surface area contributed by atoms with Crippen molar-refractivity contribution in [2.24, 2.45) is 0 Å². The Kier molecular flexibility index (Phi) is 6.72. The summed E-state index contributed by atoms with van der Waals surface area (Å²) >= 11 is 0. The number of likely N-dealkylation sites (tertiary alicyclic amines) is 1. The smallest absolute Gasteiger partial charge is 0.255 e. The molecule has 4 N–H and O–H groups in total. The Morgan fingerprint density at radius 2 is 1.86 bits per heavy atom. The van der Waals surface area contributed by atoms with Crippen molar-refractivity contribution in [3.63, 3.8) is 0 Å². The highest BCUT2D eigenvalue weighted by Gasteiger charge is 2.20. The Bertz CT molecular complexity index is 866. The summed E-state index contributed by atoms with van der Waals surface area (Å²) in [6, 6.07) is 14.9. The molecular weight excluding hydrogens is 362 g/mol. The van der Waals surface area contributed by atoms with Gasteiger partial charge in [0.1, 0.15) is 0 Å². The monoisotopic (exact) mass is 393 g/mol. The van der Waals surface area contributed by atoms with Gasteiger partial charge >= 0.3 is 0 Å². The Morgan fingerprint density at radius 3 is 2.55 bits per heavy atom. The molecule has 1 fully saturated rings. The number of nitrogens with one attached hydrogen (secondary N) is 1. The summed E-state index contributed by atoms with van der Waals surface area (Å²) in [5, 5.41) is 12.9. The molecule has 1 aliphatic heterocycles. The maximum absolute atomic E-state index is 12.5. The fourth-order valence-corrected chi connectivity index (χ4v) is 3.69. The number of rotatable bonds is 5. The van der Waals surface area contributed by atoms with E-state index in [9.17, 15) is 9.90 Å². The van der Waals surface area contributed by atoms with Gasteiger partial charge in [0, 0.05) is 18.7 Å². The van der Waals surface area contributed by atoms with Gasteiger partial charge in [-0.1, -0.05) is 35.9 Å². The highest BCUT2D eigenvalue weighted by molar-refractivity contribution is 6.05. The molecule has 0 aromatic heterocycles. The number of amides is 1. The SMILES string of the molecule is CC(C)(O)CN1CCCC(=Cc2ccc(C(=O)Nc3ccccc3N)cc2)CC1. The second-order valence-corrected chi connectivity index (χ2v) is 8.41. The van der Waals surface area contributed by atoms with Gasteiger partial charge in [0.2, 0.25) is 0 Å². The number of hydrogen-bond donors (Lipinski definition) is 3. The number of anilines is 2. The zero-order valence-electron chi connectivity index (χ0n) is 17.3. The molecule has 0 saturated carbocycles.